The van der Waals surface area contributed by atoms with Crippen molar-refractivity contribution in [2.24, 2.45) is 5.73 Å². The zero-order valence-electron chi connectivity index (χ0n) is 9.48. The monoisotopic (exact) mass is 221 g/mol. The van der Waals surface area contributed by atoms with Crippen LogP contribution in [0.15, 0.2) is 18.2 Å². The van der Waals surface area contributed by atoms with Gasteiger partial charge in [0.05, 0.1) is 6.10 Å². The fourth-order valence-electron chi connectivity index (χ4n) is 2.17. The van der Waals surface area contributed by atoms with Crippen molar-refractivity contribution in [3.8, 4) is 11.5 Å². The highest BCUT2D eigenvalue weighted by Gasteiger charge is 2.15. The molecule has 88 valence electrons. The van der Waals surface area contributed by atoms with Gasteiger partial charge in [-0.05, 0) is 43.9 Å². The van der Waals surface area contributed by atoms with Crippen molar-refractivity contribution in [1.29, 1.82) is 0 Å². The Kier molecular flexibility index (Phi) is 3.67. The quantitative estimate of drug-likeness (QED) is 0.824. The molecule has 2 rings (SSSR count). The van der Waals surface area contributed by atoms with Crippen molar-refractivity contribution in [1.82, 2.24) is 0 Å². The Bertz CT molecular complexity index is 346. The summed E-state index contributed by atoms with van der Waals surface area (Å²) in [5, 5.41) is 9.51. The summed E-state index contributed by atoms with van der Waals surface area (Å²) in [5.74, 6) is 1.07. The number of hydrogen-bond acceptors (Lipinski definition) is 3. The van der Waals surface area contributed by atoms with Crippen molar-refractivity contribution in [2.75, 3.05) is 0 Å². The SMILES string of the molecule is NCc1cc(OC2CCCCC2)ccc1O. The number of nitrogens with two attached hydrogens (primary N) is 1. The van der Waals surface area contributed by atoms with Crippen LogP contribution in [0.4, 0.5) is 0 Å². The van der Waals surface area contributed by atoms with Crippen LogP contribution in [0.2, 0.25) is 0 Å². The Morgan fingerprint density at radius 1 is 1.25 bits per heavy atom. The molecule has 3 nitrogen and oxygen atoms in total. The van der Waals surface area contributed by atoms with Crippen molar-refractivity contribution in [2.45, 2.75) is 44.8 Å². The molecule has 0 saturated heterocycles. The predicted octanol–water partition coefficient (Wildman–Crippen LogP) is 2.56. The summed E-state index contributed by atoms with van der Waals surface area (Å²) in [7, 11) is 0. The van der Waals surface area contributed by atoms with Crippen LogP contribution in [0.25, 0.3) is 0 Å². The van der Waals surface area contributed by atoms with E-state index in [1.165, 1.54) is 19.3 Å². The first kappa shape index (κ1) is 11.3. The molecule has 0 aliphatic heterocycles. The molecule has 3 N–H and O–H groups in total. The van der Waals surface area contributed by atoms with E-state index in [9.17, 15) is 5.11 Å². The third kappa shape index (κ3) is 2.67. The van der Waals surface area contributed by atoms with E-state index in [0.29, 0.717) is 12.6 Å². The molecule has 0 amide bonds. The third-order valence-electron chi connectivity index (χ3n) is 3.13. The van der Waals surface area contributed by atoms with Crippen LogP contribution in [0.1, 0.15) is 37.7 Å². The molecule has 1 fully saturated rings. The van der Waals surface area contributed by atoms with Gasteiger partial charge in [-0.1, -0.05) is 6.42 Å². The van der Waals surface area contributed by atoms with E-state index in [2.05, 4.69) is 0 Å². The molecule has 1 aliphatic rings. The normalized spacial score (nSPS) is 17.3. The van der Waals surface area contributed by atoms with Gasteiger partial charge in [0.25, 0.3) is 0 Å². The van der Waals surface area contributed by atoms with Crippen LogP contribution < -0.4 is 10.5 Å². The average Bonchev–Trinajstić information content (AvgIpc) is 2.33. The van der Waals surface area contributed by atoms with E-state index < -0.39 is 0 Å². The van der Waals surface area contributed by atoms with Gasteiger partial charge in [0.2, 0.25) is 0 Å². The van der Waals surface area contributed by atoms with Gasteiger partial charge in [0.15, 0.2) is 0 Å². The molecule has 16 heavy (non-hydrogen) atoms. The summed E-state index contributed by atoms with van der Waals surface area (Å²) in [5.41, 5.74) is 6.28. The molecule has 0 bridgehead atoms. The lowest BCUT2D eigenvalue weighted by Gasteiger charge is -2.23. The molecular weight excluding hydrogens is 202 g/mol. The van der Waals surface area contributed by atoms with Gasteiger partial charge < -0.3 is 15.6 Å². The molecule has 1 aliphatic carbocycles. The van der Waals surface area contributed by atoms with E-state index in [-0.39, 0.29) is 5.75 Å². The fraction of sp³-hybridized carbons (Fsp3) is 0.538. The Balaban J connectivity index is 2.03. The highest BCUT2D eigenvalue weighted by Crippen LogP contribution is 2.27. The molecule has 0 spiro atoms. The smallest absolute Gasteiger partial charge is 0.120 e. The van der Waals surface area contributed by atoms with Gasteiger partial charge in [-0.15, -0.1) is 0 Å². The van der Waals surface area contributed by atoms with Gasteiger partial charge in [-0.25, -0.2) is 0 Å². The minimum atomic E-state index is 0.249. The largest absolute Gasteiger partial charge is 0.508 e. The van der Waals surface area contributed by atoms with Gasteiger partial charge in [0, 0.05) is 12.1 Å². The van der Waals surface area contributed by atoms with Crippen LogP contribution in [0.5, 0.6) is 11.5 Å². The topological polar surface area (TPSA) is 55.5 Å². The molecule has 0 atom stereocenters. The van der Waals surface area contributed by atoms with Gasteiger partial charge in [0.1, 0.15) is 11.5 Å². The number of benzene rings is 1. The van der Waals surface area contributed by atoms with Crippen LogP contribution in [-0.4, -0.2) is 11.2 Å². The highest BCUT2D eigenvalue weighted by molar-refractivity contribution is 5.39. The summed E-state index contributed by atoms with van der Waals surface area (Å²) in [6.45, 7) is 0.341. The summed E-state index contributed by atoms with van der Waals surface area (Å²) in [4.78, 5) is 0. The second kappa shape index (κ2) is 5.21. The predicted molar refractivity (Wildman–Crippen MR) is 63.5 cm³/mol. The highest BCUT2D eigenvalue weighted by atomic mass is 16.5. The minimum absolute atomic E-state index is 0.249. The zero-order chi connectivity index (χ0) is 11.4. The molecule has 1 aromatic rings. The van der Waals surface area contributed by atoms with Crippen LogP contribution in [0, 0.1) is 0 Å². The molecule has 0 radical (unpaired) electrons. The second-order valence-electron chi connectivity index (χ2n) is 4.37. The molecule has 1 aromatic carbocycles. The van der Waals surface area contributed by atoms with E-state index in [0.717, 1.165) is 24.2 Å². The number of aromatic hydroxyl groups is 1. The lowest BCUT2D eigenvalue weighted by molar-refractivity contribution is 0.154. The Morgan fingerprint density at radius 3 is 2.69 bits per heavy atom. The first-order valence-electron chi connectivity index (χ1n) is 5.98. The summed E-state index contributed by atoms with van der Waals surface area (Å²) < 4.78 is 5.89. The molecule has 0 aromatic heterocycles. The van der Waals surface area contributed by atoms with E-state index >= 15 is 0 Å². The summed E-state index contributed by atoms with van der Waals surface area (Å²) >= 11 is 0. The fourth-order valence-corrected chi connectivity index (χ4v) is 2.17. The van der Waals surface area contributed by atoms with Crippen molar-refractivity contribution in [3.63, 3.8) is 0 Å². The van der Waals surface area contributed by atoms with Crippen LogP contribution in [0.3, 0.4) is 0 Å². The average molecular weight is 221 g/mol. The number of ether oxygens (including phenoxy) is 1. The zero-order valence-corrected chi connectivity index (χ0v) is 9.48. The second-order valence-corrected chi connectivity index (χ2v) is 4.37. The maximum absolute atomic E-state index is 9.51. The minimum Gasteiger partial charge on any atom is -0.508 e. The van der Waals surface area contributed by atoms with Gasteiger partial charge >= 0.3 is 0 Å². The lowest BCUT2D eigenvalue weighted by Crippen LogP contribution is -2.19. The van der Waals surface area contributed by atoms with E-state index in [1.54, 1.807) is 6.07 Å². The van der Waals surface area contributed by atoms with Gasteiger partial charge in [-0.3, -0.25) is 0 Å². The maximum Gasteiger partial charge on any atom is 0.120 e. The summed E-state index contributed by atoms with van der Waals surface area (Å²) in [6.07, 6.45) is 6.45. The maximum atomic E-state index is 9.51. The van der Waals surface area contributed by atoms with Crippen molar-refractivity contribution >= 4 is 0 Å². The van der Waals surface area contributed by atoms with Crippen LogP contribution >= 0.6 is 0 Å². The van der Waals surface area contributed by atoms with E-state index in [1.807, 2.05) is 12.1 Å². The van der Waals surface area contributed by atoms with Crippen molar-refractivity contribution < 1.29 is 9.84 Å². The number of phenols is 1. The number of phenolic OH excluding ortho intramolecular Hbond substituents is 1. The molecule has 3 heteroatoms. The Labute approximate surface area is 96.2 Å². The summed E-state index contributed by atoms with van der Waals surface area (Å²) in [6, 6.07) is 5.30. The lowest BCUT2D eigenvalue weighted by atomic mass is 9.98. The molecular formula is C13H19NO2. The first-order chi connectivity index (χ1) is 7.79. The van der Waals surface area contributed by atoms with Crippen LogP contribution in [-0.2, 0) is 6.54 Å². The molecule has 0 heterocycles. The Hall–Kier alpha value is -1.22. The molecule has 0 unspecified atom stereocenters. The molecule has 1 saturated carbocycles. The third-order valence-corrected chi connectivity index (χ3v) is 3.13. The number of rotatable bonds is 3. The Morgan fingerprint density at radius 2 is 2.00 bits per heavy atom. The van der Waals surface area contributed by atoms with E-state index in [4.69, 9.17) is 10.5 Å². The first-order valence-corrected chi connectivity index (χ1v) is 5.98. The standard InChI is InChI=1S/C13H19NO2/c14-9-10-8-12(6-7-13(10)15)16-11-4-2-1-3-5-11/h6-8,11,15H,1-5,9,14H2. The van der Waals surface area contributed by atoms with Crippen molar-refractivity contribution in [3.05, 3.63) is 23.8 Å². The van der Waals surface area contributed by atoms with Gasteiger partial charge in [-0.2, -0.15) is 0 Å². The number of hydrogen-bond donors (Lipinski definition) is 2.